The summed E-state index contributed by atoms with van der Waals surface area (Å²) in [6.07, 6.45) is 2.85. The molecule has 0 heterocycles. The SMILES string of the molecule is CC(C)(C)NCC(CCCS(C)(=O)=O)c1ccccc1Br. The summed E-state index contributed by atoms with van der Waals surface area (Å²) in [6, 6.07) is 8.18. The van der Waals surface area contributed by atoms with E-state index in [4.69, 9.17) is 0 Å². The Morgan fingerprint density at radius 2 is 1.86 bits per heavy atom. The van der Waals surface area contributed by atoms with Crippen LogP contribution in [0.5, 0.6) is 0 Å². The number of hydrogen-bond donors (Lipinski definition) is 1. The van der Waals surface area contributed by atoms with Crippen LogP contribution in [0.2, 0.25) is 0 Å². The minimum absolute atomic E-state index is 0.0519. The summed E-state index contributed by atoms with van der Waals surface area (Å²) < 4.78 is 23.7. The number of sulfone groups is 1. The van der Waals surface area contributed by atoms with Crippen LogP contribution in [0.15, 0.2) is 28.7 Å². The van der Waals surface area contributed by atoms with Crippen molar-refractivity contribution in [1.29, 1.82) is 0 Å². The topological polar surface area (TPSA) is 46.2 Å². The van der Waals surface area contributed by atoms with Gasteiger partial charge in [-0.1, -0.05) is 34.1 Å². The zero-order valence-electron chi connectivity index (χ0n) is 13.3. The highest BCUT2D eigenvalue weighted by atomic mass is 79.9. The number of rotatable bonds is 7. The van der Waals surface area contributed by atoms with E-state index < -0.39 is 9.84 Å². The van der Waals surface area contributed by atoms with Crippen molar-refractivity contribution in [3.8, 4) is 0 Å². The van der Waals surface area contributed by atoms with Crippen molar-refractivity contribution in [2.24, 2.45) is 0 Å². The summed E-state index contributed by atoms with van der Waals surface area (Å²) in [4.78, 5) is 0. The highest BCUT2D eigenvalue weighted by Crippen LogP contribution is 2.28. The quantitative estimate of drug-likeness (QED) is 0.789. The predicted octanol–water partition coefficient (Wildman–Crippen LogP) is 3.75. The largest absolute Gasteiger partial charge is 0.311 e. The molecular formula is C16H26BrNO2S. The monoisotopic (exact) mass is 375 g/mol. The highest BCUT2D eigenvalue weighted by Gasteiger charge is 2.18. The zero-order valence-corrected chi connectivity index (χ0v) is 15.7. The van der Waals surface area contributed by atoms with Crippen LogP contribution in [0.4, 0.5) is 0 Å². The van der Waals surface area contributed by atoms with Crippen LogP contribution < -0.4 is 5.32 Å². The molecule has 0 fully saturated rings. The molecule has 1 N–H and O–H groups in total. The molecule has 0 spiro atoms. The summed E-state index contributed by atoms with van der Waals surface area (Å²) in [5, 5.41) is 3.53. The normalized spacial score (nSPS) is 14.1. The molecule has 0 aliphatic heterocycles. The molecule has 1 aromatic carbocycles. The Morgan fingerprint density at radius 1 is 1.24 bits per heavy atom. The minimum Gasteiger partial charge on any atom is -0.311 e. The van der Waals surface area contributed by atoms with E-state index in [1.54, 1.807) is 0 Å². The zero-order chi connectivity index (χ0) is 16.1. The maximum atomic E-state index is 11.3. The Bertz CT molecular complexity index is 550. The van der Waals surface area contributed by atoms with Crippen LogP contribution in [-0.4, -0.2) is 32.5 Å². The summed E-state index contributed by atoms with van der Waals surface area (Å²) >= 11 is 3.60. The second kappa shape index (κ2) is 7.75. The van der Waals surface area contributed by atoms with Crippen LogP contribution in [0.3, 0.4) is 0 Å². The standard InChI is InChI=1S/C16H26BrNO2S/c1-16(2,3)18-12-13(8-7-11-21(4,19)20)14-9-5-6-10-15(14)17/h5-6,9-10,13,18H,7-8,11-12H2,1-4H3. The second-order valence-corrected chi connectivity index (χ2v) is 9.74. The van der Waals surface area contributed by atoms with Crippen molar-refractivity contribution in [3.63, 3.8) is 0 Å². The number of halogens is 1. The molecule has 0 saturated heterocycles. The molecule has 0 aliphatic carbocycles. The van der Waals surface area contributed by atoms with Crippen LogP contribution in [0, 0.1) is 0 Å². The Balaban J connectivity index is 2.77. The molecule has 1 rings (SSSR count). The lowest BCUT2D eigenvalue weighted by Gasteiger charge is -2.26. The Kier molecular flexibility index (Phi) is 6.88. The lowest BCUT2D eigenvalue weighted by molar-refractivity contribution is 0.397. The fourth-order valence-electron chi connectivity index (χ4n) is 2.20. The lowest BCUT2D eigenvalue weighted by atomic mass is 9.93. The van der Waals surface area contributed by atoms with Gasteiger partial charge in [0.15, 0.2) is 0 Å². The van der Waals surface area contributed by atoms with E-state index in [-0.39, 0.29) is 11.3 Å². The van der Waals surface area contributed by atoms with E-state index in [0.717, 1.165) is 17.4 Å². The van der Waals surface area contributed by atoms with Gasteiger partial charge < -0.3 is 5.32 Å². The second-order valence-electron chi connectivity index (χ2n) is 6.62. The van der Waals surface area contributed by atoms with Crippen molar-refractivity contribution in [1.82, 2.24) is 5.32 Å². The maximum absolute atomic E-state index is 11.3. The summed E-state index contributed by atoms with van der Waals surface area (Å²) in [5.74, 6) is 0.560. The number of nitrogens with one attached hydrogen (secondary N) is 1. The van der Waals surface area contributed by atoms with Crippen molar-refractivity contribution >= 4 is 25.8 Å². The Labute approximate surface area is 137 Å². The van der Waals surface area contributed by atoms with Crippen molar-refractivity contribution in [3.05, 3.63) is 34.3 Å². The van der Waals surface area contributed by atoms with E-state index in [2.05, 4.69) is 48.1 Å². The van der Waals surface area contributed by atoms with Gasteiger partial charge in [0.1, 0.15) is 9.84 Å². The first-order chi connectivity index (χ1) is 9.58. The number of benzene rings is 1. The first-order valence-corrected chi connectivity index (χ1v) is 10.1. The van der Waals surface area contributed by atoms with Crippen LogP contribution in [-0.2, 0) is 9.84 Å². The van der Waals surface area contributed by atoms with Crippen LogP contribution in [0.25, 0.3) is 0 Å². The van der Waals surface area contributed by atoms with Gasteiger partial charge >= 0.3 is 0 Å². The third kappa shape index (κ3) is 7.98. The third-order valence-electron chi connectivity index (χ3n) is 3.29. The van der Waals surface area contributed by atoms with Gasteiger partial charge in [-0.3, -0.25) is 0 Å². The van der Waals surface area contributed by atoms with Crippen LogP contribution in [0.1, 0.15) is 45.1 Å². The van der Waals surface area contributed by atoms with Gasteiger partial charge in [-0.15, -0.1) is 0 Å². The average molecular weight is 376 g/mol. The predicted molar refractivity (Wildman–Crippen MR) is 93.6 cm³/mol. The molecule has 0 aromatic heterocycles. The minimum atomic E-state index is -2.89. The van der Waals surface area contributed by atoms with Gasteiger partial charge in [0.25, 0.3) is 0 Å². The van der Waals surface area contributed by atoms with Gasteiger partial charge in [-0.2, -0.15) is 0 Å². The number of hydrogen-bond acceptors (Lipinski definition) is 3. The third-order valence-corrected chi connectivity index (χ3v) is 5.04. The van der Waals surface area contributed by atoms with Gasteiger partial charge in [0.2, 0.25) is 0 Å². The summed E-state index contributed by atoms with van der Waals surface area (Å²) in [6.45, 7) is 7.26. The van der Waals surface area contributed by atoms with Gasteiger partial charge in [0, 0.05) is 28.6 Å². The molecule has 0 aliphatic rings. The van der Waals surface area contributed by atoms with Gasteiger partial charge in [-0.25, -0.2) is 8.42 Å². The van der Waals surface area contributed by atoms with Crippen LogP contribution >= 0.6 is 15.9 Å². The van der Waals surface area contributed by atoms with E-state index >= 15 is 0 Å². The molecule has 0 amide bonds. The molecule has 5 heteroatoms. The van der Waals surface area contributed by atoms with E-state index in [9.17, 15) is 8.42 Å². The molecule has 1 aromatic rings. The molecule has 1 unspecified atom stereocenters. The fraction of sp³-hybridized carbons (Fsp3) is 0.625. The van der Waals surface area contributed by atoms with E-state index in [0.29, 0.717) is 12.3 Å². The van der Waals surface area contributed by atoms with E-state index in [1.165, 1.54) is 11.8 Å². The van der Waals surface area contributed by atoms with E-state index in [1.807, 2.05) is 18.2 Å². The molecule has 21 heavy (non-hydrogen) atoms. The molecule has 3 nitrogen and oxygen atoms in total. The summed E-state index contributed by atoms with van der Waals surface area (Å²) in [7, 11) is -2.89. The van der Waals surface area contributed by atoms with Crippen molar-refractivity contribution in [2.45, 2.75) is 45.1 Å². The van der Waals surface area contributed by atoms with Gasteiger partial charge in [0.05, 0.1) is 0 Å². The van der Waals surface area contributed by atoms with Crippen molar-refractivity contribution < 1.29 is 8.42 Å². The summed E-state index contributed by atoms with van der Waals surface area (Å²) in [5.41, 5.74) is 1.29. The Hall–Kier alpha value is -0.390. The molecule has 120 valence electrons. The fourth-order valence-corrected chi connectivity index (χ4v) is 3.49. The first-order valence-electron chi connectivity index (χ1n) is 7.26. The van der Waals surface area contributed by atoms with Gasteiger partial charge in [-0.05, 0) is 51.2 Å². The molecule has 0 saturated carbocycles. The first kappa shape index (κ1) is 18.7. The maximum Gasteiger partial charge on any atom is 0.147 e. The molecule has 0 radical (unpaired) electrons. The Morgan fingerprint density at radius 3 is 2.38 bits per heavy atom. The lowest BCUT2D eigenvalue weighted by Crippen LogP contribution is -2.38. The molecular weight excluding hydrogens is 350 g/mol. The smallest absolute Gasteiger partial charge is 0.147 e. The molecule has 1 atom stereocenters. The van der Waals surface area contributed by atoms with Crippen molar-refractivity contribution in [2.75, 3.05) is 18.6 Å². The molecule has 0 bridgehead atoms. The average Bonchev–Trinajstić information content (AvgIpc) is 2.32. The highest BCUT2D eigenvalue weighted by molar-refractivity contribution is 9.10.